The van der Waals surface area contributed by atoms with Crippen molar-refractivity contribution in [2.24, 2.45) is 9.98 Å². The lowest BCUT2D eigenvalue weighted by Gasteiger charge is -2.32. The van der Waals surface area contributed by atoms with Crippen LogP contribution >= 0.6 is 11.8 Å². The highest BCUT2D eigenvalue weighted by Gasteiger charge is 2.31. The topological polar surface area (TPSA) is 94.2 Å². The number of urea groups is 1. The van der Waals surface area contributed by atoms with Gasteiger partial charge < -0.3 is 14.4 Å². The van der Waals surface area contributed by atoms with Gasteiger partial charge in [-0.3, -0.25) is 0 Å². The number of benzene rings is 3. The molecule has 46 heavy (non-hydrogen) atoms. The number of thioether (sulfide) groups is 1. The summed E-state index contributed by atoms with van der Waals surface area (Å²) in [6.45, 7) is 4.85. The minimum absolute atomic E-state index is 0.208. The van der Waals surface area contributed by atoms with E-state index in [9.17, 15) is 18.0 Å². The van der Waals surface area contributed by atoms with Crippen LogP contribution in [0.2, 0.25) is 0 Å². The highest BCUT2D eigenvalue weighted by Crippen LogP contribution is 2.35. The zero-order valence-electron chi connectivity index (χ0n) is 25.1. The number of halogens is 4. The quantitative estimate of drug-likeness (QED) is 0.140. The molecule has 1 aromatic heterocycles. The van der Waals surface area contributed by atoms with Crippen LogP contribution in [0.5, 0.6) is 11.5 Å². The molecule has 0 saturated carbocycles. The summed E-state index contributed by atoms with van der Waals surface area (Å²) in [4.78, 5) is 26.9. The van der Waals surface area contributed by atoms with Gasteiger partial charge in [0.05, 0.1) is 12.8 Å². The van der Waals surface area contributed by atoms with Crippen LogP contribution in [0.3, 0.4) is 0 Å². The van der Waals surface area contributed by atoms with E-state index < -0.39 is 18.6 Å². The second-order valence-electron chi connectivity index (χ2n) is 10.5. The Kier molecular flexibility index (Phi) is 10.0. The third kappa shape index (κ3) is 8.10. The lowest BCUT2D eigenvalue weighted by atomic mass is 10.00. The molecule has 0 spiro atoms. The molecular weight excluding hydrogens is 624 g/mol. The predicted octanol–water partition coefficient (Wildman–Crippen LogP) is 8.17. The fourth-order valence-electron chi connectivity index (χ4n) is 4.71. The zero-order chi connectivity index (χ0) is 32.8. The van der Waals surface area contributed by atoms with Gasteiger partial charge in [0.1, 0.15) is 17.8 Å². The number of aromatic nitrogens is 3. The number of carbonyl (C=O) groups excluding carboxylic acids is 1. The number of rotatable bonds is 8. The summed E-state index contributed by atoms with van der Waals surface area (Å²) in [6, 6.07) is 16.5. The molecule has 240 valence electrons. The molecule has 4 aromatic rings. The van der Waals surface area contributed by atoms with Crippen molar-refractivity contribution in [3.05, 3.63) is 84.2 Å². The average Bonchev–Trinajstić information content (AvgIpc) is 3.54. The minimum Gasteiger partial charge on any atom is -0.497 e. The van der Waals surface area contributed by atoms with Gasteiger partial charge in [0.2, 0.25) is 0 Å². The second-order valence-corrected chi connectivity index (χ2v) is 11.5. The van der Waals surface area contributed by atoms with E-state index >= 15 is 4.39 Å². The molecule has 1 aliphatic heterocycles. The molecule has 0 radical (unpaired) electrons. The van der Waals surface area contributed by atoms with E-state index in [2.05, 4.69) is 38.7 Å². The van der Waals surface area contributed by atoms with E-state index in [1.807, 2.05) is 23.1 Å². The van der Waals surface area contributed by atoms with Gasteiger partial charge in [-0.15, -0.1) is 18.3 Å². The number of methoxy groups -OCH3 is 1. The van der Waals surface area contributed by atoms with E-state index in [-0.39, 0.29) is 17.2 Å². The number of aliphatic imine (C=N–C) groups is 2. The fraction of sp³-hybridized carbons (Fsp3) is 0.281. The number of hydrogen-bond donors (Lipinski definition) is 0. The summed E-state index contributed by atoms with van der Waals surface area (Å²) < 4.78 is 62.9. The molecule has 1 fully saturated rings. The minimum atomic E-state index is -4.78. The van der Waals surface area contributed by atoms with Crippen molar-refractivity contribution in [2.75, 3.05) is 24.3 Å². The van der Waals surface area contributed by atoms with E-state index in [0.717, 1.165) is 35.4 Å². The second kappa shape index (κ2) is 14.1. The summed E-state index contributed by atoms with van der Waals surface area (Å²) in [5.41, 5.74) is 3.32. The van der Waals surface area contributed by atoms with Gasteiger partial charge in [0.15, 0.2) is 17.2 Å². The number of anilines is 1. The average molecular weight is 655 g/mol. The van der Waals surface area contributed by atoms with Crippen LogP contribution in [-0.2, 0) is 0 Å². The van der Waals surface area contributed by atoms with Crippen LogP contribution in [0, 0.1) is 0 Å². The fourth-order valence-corrected chi connectivity index (χ4v) is 5.65. The van der Waals surface area contributed by atoms with E-state index in [1.165, 1.54) is 59.2 Å². The first kappa shape index (κ1) is 32.7. The lowest BCUT2D eigenvalue weighted by Crippen LogP contribution is -2.35. The van der Waals surface area contributed by atoms with Crippen LogP contribution < -0.4 is 14.4 Å². The maximum Gasteiger partial charge on any atom is 0.573 e. The van der Waals surface area contributed by atoms with Crippen LogP contribution in [0.1, 0.15) is 43.5 Å². The van der Waals surface area contributed by atoms with Gasteiger partial charge in [-0.1, -0.05) is 49.9 Å². The Morgan fingerprint density at radius 2 is 1.76 bits per heavy atom. The van der Waals surface area contributed by atoms with Crippen molar-refractivity contribution in [3.63, 3.8) is 0 Å². The molecule has 2 heterocycles. The molecule has 1 unspecified atom stereocenters. The van der Waals surface area contributed by atoms with Crippen LogP contribution in [0.15, 0.2) is 83.0 Å². The van der Waals surface area contributed by atoms with Gasteiger partial charge >= 0.3 is 12.4 Å². The van der Waals surface area contributed by atoms with Gasteiger partial charge in [0, 0.05) is 29.8 Å². The summed E-state index contributed by atoms with van der Waals surface area (Å²) in [6.07, 6.45) is -3.20. The summed E-state index contributed by atoms with van der Waals surface area (Å²) >= 11 is 1.45. The van der Waals surface area contributed by atoms with Crippen molar-refractivity contribution in [1.82, 2.24) is 14.8 Å². The molecular formula is C32H30F4N6O3S. The summed E-state index contributed by atoms with van der Waals surface area (Å²) in [7, 11) is 1.62. The molecule has 1 aliphatic rings. The number of amidine groups is 1. The van der Waals surface area contributed by atoms with Crippen molar-refractivity contribution >= 4 is 34.9 Å². The first-order valence-electron chi connectivity index (χ1n) is 14.3. The van der Waals surface area contributed by atoms with Gasteiger partial charge in [-0.2, -0.15) is 4.99 Å². The highest BCUT2D eigenvalue weighted by atomic mass is 32.2. The van der Waals surface area contributed by atoms with Crippen molar-refractivity contribution in [2.45, 2.75) is 38.7 Å². The Morgan fingerprint density at radius 3 is 2.43 bits per heavy atom. The van der Waals surface area contributed by atoms with E-state index in [4.69, 9.17) is 4.74 Å². The number of carbonyl (C=O) groups is 1. The predicted molar refractivity (Wildman–Crippen MR) is 170 cm³/mol. The SMILES string of the molecule is COc1ccc(N2CCCSC2=NC(=O)N=CC(F)c2ccc(-c3ncn(-c4ccc(OC(F)(F)F)cc4)n3)cc2)c(C(C)C)c1. The largest absolute Gasteiger partial charge is 0.573 e. The van der Waals surface area contributed by atoms with E-state index in [0.29, 0.717) is 28.8 Å². The molecule has 0 N–H and O–H groups in total. The van der Waals surface area contributed by atoms with Crippen molar-refractivity contribution < 1.29 is 31.8 Å². The van der Waals surface area contributed by atoms with E-state index in [1.54, 1.807) is 19.2 Å². The number of ether oxygens (including phenoxy) is 2. The molecule has 0 aliphatic carbocycles. The normalized spacial score (nSPS) is 15.5. The number of alkyl halides is 4. The Balaban J connectivity index is 1.24. The van der Waals surface area contributed by atoms with Gasteiger partial charge in [-0.25, -0.2) is 23.8 Å². The molecule has 1 saturated heterocycles. The lowest BCUT2D eigenvalue weighted by molar-refractivity contribution is -0.274. The summed E-state index contributed by atoms with van der Waals surface area (Å²) in [5, 5.41) is 4.86. The number of nitrogens with zero attached hydrogens (tertiary/aromatic N) is 6. The Hall–Kier alpha value is -4.72. The monoisotopic (exact) mass is 654 g/mol. The Morgan fingerprint density at radius 1 is 1.04 bits per heavy atom. The molecule has 1 atom stereocenters. The standard InChI is InChI=1S/C32H30F4N6O3S/c1-20(2)26-17-25(44-3)13-14-28(26)41-15-4-16-46-31(41)39-30(43)37-18-27(33)21-5-7-22(8-6-21)29-38-19-42(40-29)23-9-11-24(12-10-23)45-32(34,35)36/h5-14,17-20,27H,4,15-16H2,1-3H3. The molecule has 5 rings (SSSR count). The first-order chi connectivity index (χ1) is 22.0. The molecule has 0 bridgehead atoms. The van der Waals surface area contributed by atoms with Gasteiger partial charge in [-0.05, 0) is 65.9 Å². The van der Waals surface area contributed by atoms with Crippen molar-refractivity contribution in [3.8, 4) is 28.6 Å². The maximum atomic E-state index is 15.0. The Labute approximate surface area is 267 Å². The summed E-state index contributed by atoms with van der Waals surface area (Å²) in [5.74, 6) is 1.73. The van der Waals surface area contributed by atoms with Crippen LogP contribution in [0.25, 0.3) is 17.1 Å². The third-order valence-electron chi connectivity index (χ3n) is 6.96. The van der Waals surface area contributed by atoms with Crippen LogP contribution in [0.4, 0.5) is 28.0 Å². The molecule has 9 nitrogen and oxygen atoms in total. The third-order valence-corrected chi connectivity index (χ3v) is 8.02. The van der Waals surface area contributed by atoms with Crippen molar-refractivity contribution in [1.29, 1.82) is 0 Å². The molecule has 3 aromatic carbocycles. The Bertz CT molecular complexity index is 1720. The molecule has 2 amide bonds. The smallest absolute Gasteiger partial charge is 0.497 e. The molecule has 14 heteroatoms. The van der Waals surface area contributed by atoms with Crippen LogP contribution in [-0.4, -0.2) is 57.9 Å². The number of amides is 2. The zero-order valence-corrected chi connectivity index (χ0v) is 25.9. The highest BCUT2D eigenvalue weighted by molar-refractivity contribution is 8.14. The maximum absolute atomic E-state index is 15.0. The van der Waals surface area contributed by atoms with Gasteiger partial charge in [0.25, 0.3) is 0 Å². The number of hydrogen-bond acceptors (Lipinski definition) is 6. The first-order valence-corrected chi connectivity index (χ1v) is 15.3.